The summed E-state index contributed by atoms with van der Waals surface area (Å²) in [5.41, 5.74) is 19.1. The smallest absolute Gasteiger partial charge is 0.469 e. The normalized spacial score (nSPS) is 15.8. The zero-order valence-corrected chi connectivity index (χ0v) is 48.8. The summed E-state index contributed by atoms with van der Waals surface area (Å²) in [6, 6.07) is 20.3. The van der Waals surface area contributed by atoms with Gasteiger partial charge in [-0.05, 0) is 166 Å². The lowest BCUT2D eigenvalue weighted by atomic mass is 9.85. The molecular weight excluding hydrogens is 1210 g/mol. The van der Waals surface area contributed by atoms with E-state index in [2.05, 4.69) is 68.0 Å². The standard InChI is InChI=1S/C23H25Cl2N3O5.C16H16Cl2N2.C6H11NO4.C3Cl6O3/c1-28-11-17(16-8-14(24)9-19(25)18(16)12-28)13-4-6-15(7-5-13)26-23(31)27-20(22(30)33-3)10-21(29)32-2;1-20-8-14(10-2-4-12(19)5-3-10)13-6-11(17)7-16(18)15(13)9-20;1-10-5(8)3-4(7)6(9)11-2;4-2(5,6)11-1(10)12-3(7,8)9/h4-9,17,20H,10-12H2,1-3H3,(H2,26,27,31);2-7,14H,8-9,19H2,1H3;4H,3,7H2,1-2H3;/t17?,20-;;4-;/m0.0./s1. The van der Waals surface area contributed by atoms with Crippen LogP contribution in [0.3, 0.4) is 0 Å². The highest BCUT2D eigenvalue weighted by Gasteiger charge is 2.33. The van der Waals surface area contributed by atoms with Crippen LogP contribution in [0.5, 0.6) is 0 Å². The fourth-order valence-electron chi connectivity index (χ4n) is 7.41. The zero-order chi connectivity index (χ0) is 57.2. The third kappa shape index (κ3) is 22.3. The minimum atomic E-state index is -2.24. The van der Waals surface area contributed by atoms with Crippen LogP contribution in [0.2, 0.25) is 20.1 Å². The Morgan fingerprint density at radius 2 is 1.03 bits per heavy atom. The summed E-state index contributed by atoms with van der Waals surface area (Å²) in [6.45, 7) is 3.35. The number of nitrogens with one attached hydrogen (secondary N) is 2. The van der Waals surface area contributed by atoms with Crippen molar-refractivity contribution in [3.05, 3.63) is 126 Å². The van der Waals surface area contributed by atoms with Gasteiger partial charge in [-0.1, -0.05) is 70.7 Å². The fourth-order valence-corrected chi connectivity index (χ4v) is 8.92. The third-order valence-corrected chi connectivity index (χ3v) is 12.4. The lowest BCUT2D eigenvalue weighted by Gasteiger charge is -2.33. The number of rotatable bonds is 10. The van der Waals surface area contributed by atoms with Gasteiger partial charge in [0.1, 0.15) is 12.1 Å². The van der Waals surface area contributed by atoms with Crippen molar-refractivity contribution in [1.82, 2.24) is 15.1 Å². The van der Waals surface area contributed by atoms with Gasteiger partial charge in [0.15, 0.2) is 0 Å². The molecule has 0 aliphatic carbocycles. The van der Waals surface area contributed by atoms with Gasteiger partial charge >= 0.3 is 44.0 Å². The van der Waals surface area contributed by atoms with Crippen LogP contribution in [0.4, 0.5) is 21.0 Å². The number of likely N-dealkylation sites (N-methyl/N-ethyl adjacent to an activating group) is 2. The molecule has 0 radical (unpaired) electrons. The molecule has 4 aromatic carbocycles. The molecule has 18 nitrogen and oxygen atoms in total. The summed E-state index contributed by atoms with van der Waals surface area (Å²) in [5.74, 6) is -2.18. The molecule has 2 amide bonds. The third-order valence-electron chi connectivity index (χ3n) is 10.8. The Morgan fingerprint density at radius 3 is 1.42 bits per heavy atom. The number of hydrogen-bond donors (Lipinski definition) is 4. The number of benzene rings is 4. The number of amides is 2. The number of methoxy groups -OCH3 is 4. The summed E-state index contributed by atoms with van der Waals surface area (Å²) >= 11 is 55.4. The molecule has 416 valence electrons. The highest BCUT2D eigenvalue weighted by atomic mass is 35.6. The number of anilines is 2. The van der Waals surface area contributed by atoms with Crippen LogP contribution < -0.4 is 22.1 Å². The molecule has 6 N–H and O–H groups in total. The molecule has 6 rings (SSSR count). The topological polar surface area (TPSA) is 240 Å². The van der Waals surface area contributed by atoms with E-state index >= 15 is 0 Å². The number of carbonyl (C=O) groups is 6. The second-order valence-electron chi connectivity index (χ2n) is 16.4. The molecule has 2 aliphatic heterocycles. The minimum Gasteiger partial charge on any atom is -0.469 e. The summed E-state index contributed by atoms with van der Waals surface area (Å²) in [5, 5.41) is 7.77. The van der Waals surface area contributed by atoms with E-state index in [0.29, 0.717) is 20.8 Å². The van der Waals surface area contributed by atoms with Gasteiger partial charge in [-0.2, -0.15) is 0 Å². The number of nitrogens with zero attached hydrogens (tertiary/aromatic N) is 2. The maximum absolute atomic E-state index is 12.4. The monoisotopic (exact) mass is 1250 g/mol. The molecule has 0 bridgehead atoms. The molecule has 0 aromatic heterocycles. The Bertz CT molecular complexity index is 2630. The largest absolute Gasteiger partial charge is 0.515 e. The van der Waals surface area contributed by atoms with E-state index < -0.39 is 56.1 Å². The van der Waals surface area contributed by atoms with Gasteiger partial charge in [-0.15, -0.1) is 0 Å². The molecule has 0 saturated heterocycles. The number of ether oxygens (including phenoxy) is 6. The van der Waals surface area contributed by atoms with Gasteiger partial charge in [-0.3, -0.25) is 14.4 Å². The highest BCUT2D eigenvalue weighted by Crippen LogP contribution is 2.40. The Hall–Kier alpha value is -4.12. The molecular formula is C48H52Cl10N6O12. The Kier molecular flexibility index (Phi) is 26.9. The Labute approximate surface area is 488 Å². The molecule has 0 spiro atoms. The number of carbonyl (C=O) groups excluding carboxylic acids is 6. The first-order valence-corrected chi connectivity index (χ1v) is 25.7. The van der Waals surface area contributed by atoms with Gasteiger partial charge in [0.2, 0.25) is 0 Å². The van der Waals surface area contributed by atoms with Crippen molar-refractivity contribution >= 4 is 163 Å². The average molecular weight is 1260 g/mol. The van der Waals surface area contributed by atoms with E-state index in [0.717, 1.165) is 53.6 Å². The number of nitrogen functional groups attached to an aromatic ring is 1. The van der Waals surface area contributed by atoms with Gasteiger partial charge in [-0.25, -0.2) is 14.4 Å². The number of urea groups is 1. The van der Waals surface area contributed by atoms with Gasteiger partial charge in [0.05, 0.1) is 41.3 Å². The number of halogens is 10. The van der Waals surface area contributed by atoms with Crippen molar-refractivity contribution in [2.45, 2.75) is 57.8 Å². The second kappa shape index (κ2) is 30.9. The number of alkyl halides is 6. The van der Waals surface area contributed by atoms with Crippen LogP contribution in [-0.2, 0) is 60.7 Å². The van der Waals surface area contributed by atoms with Crippen molar-refractivity contribution in [3.8, 4) is 0 Å². The molecule has 28 heteroatoms. The molecule has 76 heavy (non-hydrogen) atoms. The molecule has 2 aliphatic rings. The van der Waals surface area contributed by atoms with Gasteiger partial charge in [0.25, 0.3) is 0 Å². The summed E-state index contributed by atoms with van der Waals surface area (Å²) in [6.07, 6.45) is -1.90. The number of fused-ring (bicyclic) bond motifs is 2. The van der Waals surface area contributed by atoms with E-state index in [4.69, 9.17) is 127 Å². The van der Waals surface area contributed by atoms with Crippen LogP contribution in [0.15, 0.2) is 72.8 Å². The lowest BCUT2D eigenvalue weighted by Crippen LogP contribution is -2.45. The second-order valence-corrected chi connectivity index (χ2v) is 22.4. The molecule has 4 atom stereocenters. The van der Waals surface area contributed by atoms with Crippen LogP contribution >= 0.6 is 116 Å². The first-order valence-electron chi connectivity index (χ1n) is 21.9. The van der Waals surface area contributed by atoms with E-state index in [1.807, 2.05) is 49.5 Å². The molecule has 0 saturated carbocycles. The zero-order valence-electron chi connectivity index (χ0n) is 41.2. The van der Waals surface area contributed by atoms with Crippen LogP contribution in [-0.4, -0.2) is 122 Å². The molecule has 2 heterocycles. The number of esters is 4. The minimum absolute atomic E-state index is 0.0709. The van der Waals surface area contributed by atoms with Crippen molar-refractivity contribution in [2.75, 3.05) is 66.7 Å². The first kappa shape index (κ1) is 66.2. The number of hydrogen-bond acceptors (Lipinski definition) is 16. The predicted molar refractivity (Wildman–Crippen MR) is 296 cm³/mol. The van der Waals surface area contributed by atoms with Gasteiger partial charge < -0.3 is 60.3 Å². The first-order chi connectivity index (χ1) is 35.5. The van der Waals surface area contributed by atoms with E-state index in [9.17, 15) is 28.8 Å². The Balaban J connectivity index is 0.000000299. The summed E-state index contributed by atoms with van der Waals surface area (Å²) in [4.78, 5) is 71.9. The van der Waals surface area contributed by atoms with Crippen LogP contribution in [0.25, 0.3) is 0 Å². The average Bonchev–Trinajstić information content (AvgIpc) is 3.33. The van der Waals surface area contributed by atoms with E-state index in [-0.39, 0.29) is 24.7 Å². The Morgan fingerprint density at radius 1 is 0.618 bits per heavy atom. The van der Waals surface area contributed by atoms with Crippen LogP contribution in [0, 0.1) is 0 Å². The molecule has 4 aromatic rings. The van der Waals surface area contributed by atoms with E-state index in [1.54, 1.807) is 18.2 Å². The van der Waals surface area contributed by atoms with Gasteiger partial charge in [0, 0.05) is 69.5 Å². The quantitative estimate of drug-likeness (QED) is 0.0499. The van der Waals surface area contributed by atoms with Crippen molar-refractivity contribution < 1.29 is 57.2 Å². The van der Waals surface area contributed by atoms with Crippen LogP contribution in [0.1, 0.15) is 58.1 Å². The predicted octanol–water partition coefficient (Wildman–Crippen LogP) is 10.8. The highest BCUT2D eigenvalue weighted by molar-refractivity contribution is 6.67. The van der Waals surface area contributed by atoms with Crippen molar-refractivity contribution in [2.24, 2.45) is 5.73 Å². The number of nitrogens with two attached hydrogens (primary N) is 2. The molecule has 0 fully saturated rings. The fraction of sp³-hybridized carbons (Fsp3) is 0.375. The summed E-state index contributed by atoms with van der Waals surface area (Å²) in [7, 11) is 8.95. The lowest BCUT2D eigenvalue weighted by molar-refractivity contribution is -0.149. The summed E-state index contributed by atoms with van der Waals surface area (Å²) < 4.78 is 21.3. The maximum Gasteiger partial charge on any atom is 0.515 e. The maximum atomic E-state index is 12.4. The molecule has 2 unspecified atom stereocenters. The SMILES string of the molecule is CN1Cc2c(Cl)cc(Cl)cc2C(c2ccc(N)cc2)C1.COC(=O)C[C@H](N)C(=O)OC.COC(=O)C[C@H](NC(=O)Nc1ccc(C2CN(C)Cc3c(Cl)cc(Cl)cc32)cc1)C(=O)OC.O=C(OC(Cl)(Cl)Cl)OC(Cl)(Cl)Cl. The van der Waals surface area contributed by atoms with E-state index in [1.165, 1.54) is 45.1 Å². The van der Waals surface area contributed by atoms with Crippen molar-refractivity contribution in [3.63, 3.8) is 0 Å². The van der Waals surface area contributed by atoms with Crippen molar-refractivity contribution in [1.29, 1.82) is 0 Å².